The van der Waals surface area contributed by atoms with Gasteiger partial charge in [0.1, 0.15) is 11.4 Å². The monoisotopic (exact) mass is 367 g/mol. The average Bonchev–Trinajstić information content (AvgIpc) is 3.40. The van der Waals surface area contributed by atoms with Gasteiger partial charge in [-0.25, -0.2) is 0 Å². The van der Waals surface area contributed by atoms with Crippen molar-refractivity contribution in [2.45, 2.75) is 44.6 Å². The third kappa shape index (κ3) is 4.02. The van der Waals surface area contributed by atoms with Gasteiger partial charge in [-0.15, -0.1) is 0 Å². The van der Waals surface area contributed by atoms with Crippen LogP contribution in [0.4, 0.5) is 0 Å². The summed E-state index contributed by atoms with van der Waals surface area (Å²) in [5, 5.41) is 10.2. The predicted molar refractivity (Wildman–Crippen MR) is 101 cm³/mol. The van der Waals surface area contributed by atoms with Gasteiger partial charge in [-0.3, -0.25) is 19.7 Å². The summed E-state index contributed by atoms with van der Waals surface area (Å²) in [5.74, 6) is -0.136. The van der Waals surface area contributed by atoms with Crippen LogP contribution in [0.5, 0.6) is 0 Å². The SMILES string of the molecule is O=C(NC1CCCC1)[C@@H]1CCCN(C(=O)c2cc(-c3ccccn3)n[nH]2)C1. The highest BCUT2D eigenvalue weighted by atomic mass is 16.2. The maximum Gasteiger partial charge on any atom is 0.271 e. The smallest absolute Gasteiger partial charge is 0.271 e. The van der Waals surface area contributed by atoms with Crippen LogP contribution < -0.4 is 5.32 Å². The van der Waals surface area contributed by atoms with Gasteiger partial charge in [0.15, 0.2) is 0 Å². The number of rotatable bonds is 4. The number of likely N-dealkylation sites (tertiary alicyclic amines) is 1. The molecule has 2 aliphatic rings. The van der Waals surface area contributed by atoms with Crippen molar-refractivity contribution in [3.8, 4) is 11.4 Å². The van der Waals surface area contributed by atoms with Gasteiger partial charge in [0.25, 0.3) is 5.91 Å². The minimum atomic E-state index is -0.124. The van der Waals surface area contributed by atoms with Gasteiger partial charge in [0, 0.05) is 25.3 Å². The van der Waals surface area contributed by atoms with E-state index in [0.29, 0.717) is 30.5 Å². The van der Waals surface area contributed by atoms with E-state index in [1.54, 1.807) is 17.2 Å². The van der Waals surface area contributed by atoms with E-state index in [0.717, 1.165) is 31.4 Å². The molecule has 0 spiro atoms. The number of hydrogen-bond donors (Lipinski definition) is 2. The summed E-state index contributed by atoms with van der Waals surface area (Å²) in [7, 11) is 0. The number of H-pyrrole nitrogens is 1. The van der Waals surface area contributed by atoms with E-state index in [4.69, 9.17) is 0 Å². The number of piperidine rings is 1. The summed E-state index contributed by atoms with van der Waals surface area (Å²) >= 11 is 0. The van der Waals surface area contributed by atoms with Crippen LogP contribution in [0.2, 0.25) is 0 Å². The van der Waals surface area contributed by atoms with Crippen LogP contribution >= 0.6 is 0 Å². The van der Waals surface area contributed by atoms with Gasteiger partial charge in [0.2, 0.25) is 5.91 Å². The van der Waals surface area contributed by atoms with Gasteiger partial charge >= 0.3 is 0 Å². The molecule has 2 aromatic heterocycles. The number of carbonyl (C=O) groups excluding carboxylic acids is 2. The Morgan fingerprint density at radius 3 is 2.74 bits per heavy atom. The van der Waals surface area contributed by atoms with E-state index in [1.165, 1.54) is 12.8 Å². The fourth-order valence-electron chi connectivity index (χ4n) is 4.01. The Balaban J connectivity index is 1.40. The summed E-state index contributed by atoms with van der Waals surface area (Å²) in [6, 6.07) is 7.63. The number of pyridine rings is 1. The second kappa shape index (κ2) is 7.90. The van der Waals surface area contributed by atoms with Crippen LogP contribution in [0.25, 0.3) is 11.4 Å². The summed E-state index contributed by atoms with van der Waals surface area (Å²) in [5.41, 5.74) is 1.80. The standard InChI is InChI=1S/C20H25N5O2/c26-19(22-15-7-1-2-8-15)14-6-5-11-25(13-14)20(27)18-12-17(23-24-18)16-9-3-4-10-21-16/h3-4,9-10,12,14-15H,1-2,5-8,11,13H2,(H,22,26)(H,23,24)/t14-/m1/s1. The fourth-order valence-corrected chi connectivity index (χ4v) is 4.01. The van der Waals surface area contributed by atoms with Crippen LogP contribution in [-0.2, 0) is 4.79 Å². The first-order valence-corrected chi connectivity index (χ1v) is 9.77. The molecule has 2 aromatic rings. The third-order valence-corrected chi connectivity index (χ3v) is 5.52. The molecule has 2 fully saturated rings. The van der Waals surface area contributed by atoms with Crippen molar-refractivity contribution in [2.75, 3.05) is 13.1 Å². The number of carbonyl (C=O) groups is 2. The van der Waals surface area contributed by atoms with Crippen molar-refractivity contribution >= 4 is 11.8 Å². The normalized spacial score (nSPS) is 20.6. The average molecular weight is 367 g/mol. The Kier molecular flexibility index (Phi) is 5.18. The zero-order chi connectivity index (χ0) is 18.6. The Morgan fingerprint density at radius 2 is 1.96 bits per heavy atom. The fraction of sp³-hybridized carbons (Fsp3) is 0.500. The lowest BCUT2D eigenvalue weighted by molar-refractivity contribution is -0.127. The van der Waals surface area contributed by atoms with Crippen LogP contribution in [-0.4, -0.2) is 51.0 Å². The molecule has 3 heterocycles. The highest BCUT2D eigenvalue weighted by molar-refractivity contribution is 5.93. The molecule has 27 heavy (non-hydrogen) atoms. The molecule has 1 aliphatic carbocycles. The second-order valence-electron chi connectivity index (χ2n) is 7.46. The first kappa shape index (κ1) is 17.7. The molecule has 0 radical (unpaired) electrons. The van der Waals surface area contributed by atoms with Gasteiger partial charge in [-0.05, 0) is 43.9 Å². The molecule has 1 saturated carbocycles. The Morgan fingerprint density at radius 1 is 1.11 bits per heavy atom. The van der Waals surface area contributed by atoms with Crippen molar-refractivity contribution in [1.82, 2.24) is 25.4 Å². The van der Waals surface area contributed by atoms with E-state index in [1.807, 2.05) is 18.2 Å². The van der Waals surface area contributed by atoms with Crippen LogP contribution in [0.3, 0.4) is 0 Å². The minimum absolute atomic E-state index is 0.0955. The van der Waals surface area contributed by atoms with Crippen LogP contribution in [0, 0.1) is 5.92 Å². The number of amides is 2. The molecule has 0 unspecified atom stereocenters. The third-order valence-electron chi connectivity index (χ3n) is 5.52. The molecule has 2 amide bonds. The van der Waals surface area contributed by atoms with E-state index < -0.39 is 0 Å². The largest absolute Gasteiger partial charge is 0.353 e. The zero-order valence-electron chi connectivity index (χ0n) is 15.4. The molecular weight excluding hydrogens is 342 g/mol. The van der Waals surface area contributed by atoms with E-state index in [2.05, 4.69) is 20.5 Å². The number of nitrogens with zero attached hydrogens (tertiary/aromatic N) is 3. The Labute approximate surface area is 158 Å². The lowest BCUT2D eigenvalue weighted by Gasteiger charge is -2.32. The quantitative estimate of drug-likeness (QED) is 0.868. The summed E-state index contributed by atoms with van der Waals surface area (Å²) in [6.07, 6.45) is 7.92. The van der Waals surface area contributed by atoms with E-state index in [-0.39, 0.29) is 17.7 Å². The van der Waals surface area contributed by atoms with Gasteiger partial charge in [0.05, 0.1) is 11.6 Å². The van der Waals surface area contributed by atoms with Crippen molar-refractivity contribution in [3.63, 3.8) is 0 Å². The van der Waals surface area contributed by atoms with E-state index in [9.17, 15) is 9.59 Å². The lowest BCUT2D eigenvalue weighted by atomic mass is 9.96. The van der Waals surface area contributed by atoms with Gasteiger partial charge < -0.3 is 10.2 Å². The number of aromatic nitrogens is 3. The highest BCUT2D eigenvalue weighted by Crippen LogP contribution is 2.22. The summed E-state index contributed by atoms with van der Waals surface area (Å²) in [6.45, 7) is 1.14. The topological polar surface area (TPSA) is 91.0 Å². The van der Waals surface area contributed by atoms with Crippen molar-refractivity contribution in [1.29, 1.82) is 0 Å². The van der Waals surface area contributed by atoms with Crippen LogP contribution in [0.1, 0.15) is 49.0 Å². The van der Waals surface area contributed by atoms with Gasteiger partial charge in [-0.2, -0.15) is 5.10 Å². The molecular formula is C20H25N5O2. The van der Waals surface area contributed by atoms with E-state index >= 15 is 0 Å². The molecule has 7 heteroatoms. The first-order chi connectivity index (χ1) is 13.2. The summed E-state index contributed by atoms with van der Waals surface area (Å²) < 4.78 is 0. The second-order valence-corrected chi connectivity index (χ2v) is 7.46. The van der Waals surface area contributed by atoms with Crippen LogP contribution in [0.15, 0.2) is 30.5 Å². The number of aromatic amines is 1. The highest BCUT2D eigenvalue weighted by Gasteiger charge is 2.31. The zero-order valence-corrected chi connectivity index (χ0v) is 15.4. The number of nitrogens with one attached hydrogen (secondary N) is 2. The maximum atomic E-state index is 12.9. The number of hydrogen-bond acceptors (Lipinski definition) is 4. The lowest BCUT2D eigenvalue weighted by Crippen LogP contribution is -2.47. The first-order valence-electron chi connectivity index (χ1n) is 9.77. The van der Waals surface area contributed by atoms with Crippen molar-refractivity contribution < 1.29 is 9.59 Å². The summed E-state index contributed by atoms with van der Waals surface area (Å²) in [4.78, 5) is 31.4. The van der Waals surface area contributed by atoms with Crippen molar-refractivity contribution in [2.24, 2.45) is 5.92 Å². The Bertz CT molecular complexity index is 798. The molecule has 1 aliphatic heterocycles. The molecule has 4 rings (SSSR count). The molecule has 142 valence electrons. The minimum Gasteiger partial charge on any atom is -0.353 e. The predicted octanol–water partition coefficient (Wildman–Crippen LogP) is 2.38. The van der Waals surface area contributed by atoms with Crippen molar-refractivity contribution in [3.05, 3.63) is 36.2 Å². The molecule has 1 atom stereocenters. The maximum absolute atomic E-state index is 12.9. The molecule has 7 nitrogen and oxygen atoms in total. The molecule has 2 N–H and O–H groups in total. The molecule has 0 aromatic carbocycles. The Hall–Kier alpha value is -2.70. The molecule has 1 saturated heterocycles. The van der Waals surface area contributed by atoms with Gasteiger partial charge in [-0.1, -0.05) is 18.9 Å². The molecule has 0 bridgehead atoms.